The molecule has 2 N–H and O–H groups in total. The van der Waals surface area contributed by atoms with E-state index in [1.165, 1.54) is 32.8 Å². The van der Waals surface area contributed by atoms with Crippen LogP contribution >= 0.6 is 0 Å². The number of aliphatic imine (C=N–C) groups is 1. The molecule has 0 saturated heterocycles. The monoisotopic (exact) mass is 448 g/mol. The average Bonchev–Trinajstić information content (AvgIpc) is 3.20. The predicted octanol–water partition coefficient (Wildman–Crippen LogP) is 4.30. The van der Waals surface area contributed by atoms with E-state index in [0.717, 1.165) is 6.42 Å². The number of carbonyl (C=O) groups excluding carboxylic acids is 3. The minimum absolute atomic E-state index is 0.0304. The summed E-state index contributed by atoms with van der Waals surface area (Å²) in [5.41, 5.74) is 0.469. The fraction of sp³-hybridized carbons (Fsp3) is 0.760. The van der Waals surface area contributed by atoms with Crippen LogP contribution in [0.4, 0.5) is 0 Å². The summed E-state index contributed by atoms with van der Waals surface area (Å²) in [7, 11) is 1.28. The van der Waals surface area contributed by atoms with Crippen molar-refractivity contribution in [2.24, 2.45) is 22.2 Å². The highest BCUT2D eigenvalue weighted by Crippen LogP contribution is 2.36. The largest absolute Gasteiger partial charge is 0.511 e. The minimum atomic E-state index is -0.920. The predicted molar refractivity (Wildman–Crippen MR) is 125 cm³/mol. The van der Waals surface area contributed by atoms with Crippen LogP contribution in [0.15, 0.2) is 16.3 Å². The van der Waals surface area contributed by atoms with Crippen molar-refractivity contribution >= 4 is 23.4 Å². The molecule has 7 nitrogen and oxygen atoms in total. The molecule has 1 saturated carbocycles. The van der Waals surface area contributed by atoms with Crippen LogP contribution in [0.25, 0.3) is 0 Å². The molecule has 0 aromatic heterocycles. The molecule has 0 aromatic carbocycles. The number of carbonyl (C=O) groups is 3. The number of Topliss-reactive ketones (excluding diaryl/α,β-unsaturated/α-hetero) is 1. The number of nitrogens with one attached hydrogen (secondary N) is 1. The van der Waals surface area contributed by atoms with Gasteiger partial charge in [0.1, 0.15) is 11.8 Å². The van der Waals surface area contributed by atoms with Crippen LogP contribution < -0.4 is 5.32 Å². The highest BCUT2D eigenvalue weighted by atomic mass is 16.5. The molecular weight excluding hydrogens is 408 g/mol. The molecule has 1 atom stereocenters. The Hall–Kier alpha value is -2.18. The van der Waals surface area contributed by atoms with Gasteiger partial charge in [0.25, 0.3) is 0 Å². The van der Waals surface area contributed by atoms with Crippen LogP contribution in [-0.2, 0) is 19.1 Å². The number of methoxy groups -OCH3 is 1. The van der Waals surface area contributed by atoms with Crippen molar-refractivity contribution in [1.29, 1.82) is 0 Å². The fourth-order valence-electron chi connectivity index (χ4n) is 4.67. The van der Waals surface area contributed by atoms with Gasteiger partial charge >= 0.3 is 5.97 Å². The second kappa shape index (κ2) is 11.6. The average molecular weight is 449 g/mol. The second-order valence-electron chi connectivity index (χ2n) is 10.5. The van der Waals surface area contributed by atoms with E-state index in [4.69, 9.17) is 4.74 Å². The van der Waals surface area contributed by atoms with Crippen molar-refractivity contribution in [3.05, 3.63) is 11.3 Å². The number of esters is 1. The van der Waals surface area contributed by atoms with E-state index >= 15 is 0 Å². The Morgan fingerprint density at radius 3 is 2.44 bits per heavy atom. The van der Waals surface area contributed by atoms with Gasteiger partial charge in [-0.2, -0.15) is 0 Å². The lowest BCUT2D eigenvalue weighted by Gasteiger charge is -2.30. The molecule has 1 fully saturated rings. The standard InChI is InChI=1S/C25H40N2O5/c1-16(2)12-18(23-20(28)13-25(3,4)14-21(23)29)26-15-19(24(31)32-5)27-22(30)11-10-17-8-6-7-9-17/h16-17,19,28H,6-15H2,1-5H3,(H,27,30)/t19-/m0/s1. The Morgan fingerprint density at radius 1 is 1.22 bits per heavy atom. The summed E-state index contributed by atoms with van der Waals surface area (Å²) >= 11 is 0. The molecular formula is C25H40N2O5. The topological polar surface area (TPSA) is 105 Å². The van der Waals surface area contributed by atoms with Crippen LogP contribution in [0.5, 0.6) is 0 Å². The van der Waals surface area contributed by atoms with Gasteiger partial charge in [-0.1, -0.05) is 53.4 Å². The van der Waals surface area contributed by atoms with Crippen molar-refractivity contribution in [3.8, 4) is 0 Å². The first-order valence-electron chi connectivity index (χ1n) is 11.9. The number of hydrogen-bond acceptors (Lipinski definition) is 6. The number of nitrogens with zero attached hydrogens (tertiary/aromatic N) is 1. The van der Waals surface area contributed by atoms with Gasteiger partial charge < -0.3 is 15.2 Å². The zero-order valence-corrected chi connectivity index (χ0v) is 20.3. The SMILES string of the molecule is COC(=O)[C@H](CN=C(CC(C)C)C1=C(O)CC(C)(C)CC1=O)NC(=O)CCC1CCCC1. The summed E-state index contributed by atoms with van der Waals surface area (Å²) in [6.45, 7) is 7.88. The molecule has 2 aliphatic carbocycles. The Balaban J connectivity index is 2.15. The molecule has 180 valence electrons. The Labute approximate surface area is 192 Å². The number of allylic oxidation sites excluding steroid dienone is 2. The van der Waals surface area contributed by atoms with Gasteiger partial charge in [0.2, 0.25) is 5.91 Å². The smallest absolute Gasteiger partial charge is 0.330 e. The van der Waals surface area contributed by atoms with E-state index in [1.54, 1.807) is 0 Å². The lowest BCUT2D eigenvalue weighted by molar-refractivity contribution is -0.144. The Bertz CT molecular complexity index is 760. The van der Waals surface area contributed by atoms with E-state index < -0.39 is 12.0 Å². The molecule has 0 spiro atoms. The molecule has 7 heteroatoms. The molecule has 0 heterocycles. The van der Waals surface area contributed by atoms with E-state index in [1.807, 2.05) is 27.7 Å². The van der Waals surface area contributed by atoms with Gasteiger partial charge in [0.05, 0.1) is 19.2 Å². The van der Waals surface area contributed by atoms with Crippen molar-refractivity contribution in [2.45, 2.75) is 91.5 Å². The molecule has 0 unspecified atom stereocenters. The second-order valence-corrected chi connectivity index (χ2v) is 10.5. The zero-order chi connectivity index (χ0) is 23.9. The first-order valence-corrected chi connectivity index (χ1v) is 11.9. The van der Waals surface area contributed by atoms with Crippen LogP contribution in [0.3, 0.4) is 0 Å². The quantitative estimate of drug-likeness (QED) is 0.383. The first-order chi connectivity index (χ1) is 15.0. The van der Waals surface area contributed by atoms with Crippen molar-refractivity contribution in [2.75, 3.05) is 13.7 Å². The fourth-order valence-corrected chi connectivity index (χ4v) is 4.67. The van der Waals surface area contributed by atoms with Crippen molar-refractivity contribution in [3.63, 3.8) is 0 Å². The summed E-state index contributed by atoms with van der Waals surface area (Å²) in [5, 5.41) is 13.4. The third-order valence-electron chi connectivity index (χ3n) is 6.28. The number of rotatable bonds is 10. The number of hydrogen-bond donors (Lipinski definition) is 2. The molecule has 32 heavy (non-hydrogen) atoms. The zero-order valence-electron chi connectivity index (χ0n) is 20.3. The maximum atomic E-state index is 12.8. The summed E-state index contributed by atoms with van der Waals surface area (Å²) < 4.78 is 4.87. The molecule has 2 rings (SSSR count). The van der Waals surface area contributed by atoms with E-state index in [-0.39, 0.29) is 40.9 Å². The Kier molecular flexibility index (Phi) is 9.47. The minimum Gasteiger partial charge on any atom is -0.511 e. The lowest BCUT2D eigenvalue weighted by atomic mass is 9.75. The number of aliphatic hydroxyl groups excluding tert-OH is 1. The molecule has 0 aliphatic heterocycles. The van der Waals surface area contributed by atoms with Crippen molar-refractivity contribution in [1.82, 2.24) is 5.32 Å². The van der Waals surface area contributed by atoms with Crippen LogP contribution in [0.2, 0.25) is 0 Å². The molecule has 0 aromatic rings. The van der Waals surface area contributed by atoms with E-state index in [2.05, 4.69) is 10.3 Å². The normalized spacial score (nSPS) is 20.6. The third kappa shape index (κ3) is 7.75. The highest BCUT2D eigenvalue weighted by molar-refractivity contribution is 6.23. The van der Waals surface area contributed by atoms with Crippen molar-refractivity contribution < 1.29 is 24.2 Å². The molecule has 1 amide bonds. The summed E-state index contributed by atoms with van der Waals surface area (Å²) in [6, 6.07) is -0.920. The number of amides is 1. The summed E-state index contributed by atoms with van der Waals surface area (Å²) in [6.07, 6.45) is 7.22. The lowest BCUT2D eigenvalue weighted by Crippen LogP contribution is -2.44. The molecule has 0 bridgehead atoms. The van der Waals surface area contributed by atoms with Gasteiger partial charge in [0.15, 0.2) is 5.78 Å². The highest BCUT2D eigenvalue weighted by Gasteiger charge is 2.35. The summed E-state index contributed by atoms with van der Waals surface area (Å²) in [5.74, 6) is -0.0419. The number of ketones is 1. The van der Waals surface area contributed by atoms with Gasteiger partial charge in [-0.15, -0.1) is 0 Å². The molecule has 2 aliphatic rings. The first kappa shape index (κ1) is 26.1. The van der Waals surface area contributed by atoms with E-state index in [9.17, 15) is 19.5 Å². The number of ether oxygens (including phenoxy) is 1. The summed E-state index contributed by atoms with van der Waals surface area (Å²) in [4.78, 5) is 42.1. The third-order valence-corrected chi connectivity index (χ3v) is 6.28. The molecule has 0 radical (unpaired) electrons. The van der Waals surface area contributed by atoms with E-state index in [0.29, 0.717) is 37.3 Å². The van der Waals surface area contributed by atoms with Crippen LogP contribution in [0, 0.1) is 17.3 Å². The van der Waals surface area contributed by atoms with Gasteiger partial charge in [-0.3, -0.25) is 14.6 Å². The van der Waals surface area contributed by atoms with Crippen LogP contribution in [-0.4, -0.2) is 48.2 Å². The van der Waals surface area contributed by atoms with Gasteiger partial charge in [0, 0.05) is 25.0 Å². The van der Waals surface area contributed by atoms with Gasteiger partial charge in [-0.25, -0.2) is 4.79 Å². The maximum Gasteiger partial charge on any atom is 0.330 e. The maximum absolute atomic E-state index is 12.8. The van der Waals surface area contributed by atoms with Crippen LogP contribution in [0.1, 0.15) is 85.5 Å². The number of aliphatic hydroxyl groups is 1. The van der Waals surface area contributed by atoms with Gasteiger partial charge in [-0.05, 0) is 30.1 Å². The Morgan fingerprint density at radius 2 is 1.88 bits per heavy atom.